The lowest BCUT2D eigenvalue weighted by Gasteiger charge is -2.05. The van der Waals surface area contributed by atoms with E-state index in [9.17, 15) is 18.7 Å². The van der Waals surface area contributed by atoms with Gasteiger partial charge in [-0.2, -0.15) is 0 Å². The zero-order chi connectivity index (χ0) is 19.0. The van der Waals surface area contributed by atoms with Crippen LogP contribution >= 0.6 is 11.3 Å². The number of rotatable bonds is 5. The molecule has 2 heterocycles. The number of phenolic OH excluding ortho intramolecular Hbond substituents is 1. The van der Waals surface area contributed by atoms with Crippen LogP contribution in [0.3, 0.4) is 0 Å². The number of nitrogens with zero attached hydrogens (tertiary/aromatic N) is 1. The van der Waals surface area contributed by atoms with E-state index in [-0.39, 0.29) is 29.9 Å². The van der Waals surface area contributed by atoms with Crippen molar-refractivity contribution in [3.8, 4) is 16.5 Å². The van der Waals surface area contributed by atoms with E-state index in [1.807, 2.05) is 17.5 Å². The Balaban J connectivity index is 1.64. The van der Waals surface area contributed by atoms with Gasteiger partial charge in [0.05, 0.1) is 4.88 Å². The molecule has 27 heavy (non-hydrogen) atoms. The second-order valence-corrected chi connectivity index (χ2v) is 7.03. The molecule has 0 saturated heterocycles. The van der Waals surface area contributed by atoms with Gasteiger partial charge in [0.15, 0.2) is 5.78 Å². The van der Waals surface area contributed by atoms with Crippen molar-refractivity contribution >= 4 is 28.2 Å². The summed E-state index contributed by atoms with van der Waals surface area (Å²) in [5.41, 5.74) is 1.39. The van der Waals surface area contributed by atoms with Crippen LogP contribution in [0.5, 0.6) is 5.75 Å². The average molecular weight is 384 g/mol. The Morgan fingerprint density at radius 3 is 2.78 bits per heavy atom. The van der Waals surface area contributed by atoms with Crippen LogP contribution in [-0.4, -0.2) is 20.9 Å². The maximum Gasteiger partial charge on any atom is 0.165 e. The Bertz CT molecular complexity index is 1140. The van der Waals surface area contributed by atoms with Crippen LogP contribution in [0.25, 0.3) is 21.7 Å². The summed E-state index contributed by atoms with van der Waals surface area (Å²) < 4.78 is 26.8. The molecule has 0 bridgehead atoms. The van der Waals surface area contributed by atoms with Gasteiger partial charge in [-0.05, 0) is 41.6 Å². The number of carbonyl (C=O) groups excluding carboxylic acids is 1. The minimum Gasteiger partial charge on any atom is -0.506 e. The molecule has 136 valence electrons. The van der Waals surface area contributed by atoms with Gasteiger partial charge in [0.1, 0.15) is 34.2 Å². The fourth-order valence-corrected chi connectivity index (χ4v) is 3.61. The fourth-order valence-electron chi connectivity index (χ4n) is 2.94. The monoisotopic (exact) mass is 384 g/mol. The number of Topliss-reactive ketones (excluding diaryl/α,β-unsaturated/α-hetero) is 1. The number of imidazole rings is 1. The number of aromatic nitrogens is 2. The van der Waals surface area contributed by atoms with Gasteiger partial charge < -0.3 is 10.1 Å². The molecule has 7 heteroatoms. The summed E-state index contributed by atoms with van der Waals surface area (Å²) in [4.78, 5) is 21.1. The summed E-state index contributed by atoms with van der Waals surface area (Å²) in [6, 6.07) is 10.0. The van der Waals surface area contributed by atoms with E-state index in [1.54, 1.807) is 0 Å². The van der Waals surface area contributed by atoms with E-state index in [4.69, 9.17) is 0 Å². The van der Waals surface area contributed by atoms with Crippen LogP contribution in [0.2, 0.25) is 0 Å². The van der Waals surface area contributed by atoms with E-state index in [2.05, 4.69) is 9.97 Å². The van der Waals surface area contributed by atoms with Crippen molar-refractivity contribution in [2.75, 3.05) is 0 Å². The minimum absolute atomic E-state index is 0.00133. The normalized spacial score (nSPS) is 11.2. The van der Waals surface area contributed by atoms with Crippen molar-refractivity contribution in [2.45, 2.75) is 12.8 Å². The van der Waals surface area contributed by atoms with Crippen molar-refractivity contribution in [1.82, 2.24) is 9.97 Å². The third-order valence-electron chi connectivity index (χ3n) is 4.31. The Kier molecular flexibility index (Phi) is 4.45. The summed E-state index contributed by atoms with van der Waals surface area (Å²) >= 11 is 1.49. The molecule has 0 atom stereocenters. The number of nitrogens with one attached hydrogen (secondary N) is 1. The van der Waals surface area contributed by atoms with E-state index in [1.165, 1.54) is 35.6 Å². The van der Waals surface area contributed by atoms with Gasteiger partial charge >= 0.3 is 0 Å². The summed E-state index contributed by atoms with van der Waals surface area (Å²) in [6.45, 7) is 0. The molecule has 0 amide bonds. The SMILES string of the molecule is O=C(CCc1ccc(F)cc1F)c1ccc(O)c2[nH]c(-c3cccs3)nc12. The first-order chi connectivity index (χ1) is 13.0. The van der Waals surface area contributed by atoms with Crippen LogP contribution in [0.1, 0.15) is 22.3 Å². The standard InChI is InChI=1S/C20H14F2N2O2S/c21-12-5-3-11(14(22)10-12)4-7-15(25)13-6-8-16(26)19-18(13)23-20(24-19)17-2-1-9-27-17/h1-3,5-6,8-10,26H,4,7H2,(H,23,24). The maximum atomic E-state index is 13.8. The van der Waals surface area contributed by atoms with E-state index >= 15 is 0 Å². The lowest BCUT2D eigenvalue weighted by molar-refractivity contribution is 0.0984. The van der Waals surface area contributed by atoms with Gasteiger partial charge in [-0.15, -0.1) is 11.3 Å². The number of H-pyrrole nitrogens is 1. The molecule has 2 N–H and O–H groups in total. The number of ketones is 1. The Morgan fingerprint density at radius 1 is 1.19 bits per heavy atom. The number of phenols is 1. The first-order valence-electron chi connectivity index (χ1n) is 8.25. The first-order valence-corrected chi connectivity index (χ1v) is 9.13. The van der Waals surface area contributed by atoms with Gasteiger partial charge in [-0.1, -0.05) is 12.1 Å². The highest BCUT2D eigenvalue weighted by atomic mass is 32.1. The summed E-state index contributed by atoms with van der Waals surface area (Å²) in [6.07, 6.45) is 0.194. The summed E-state index contributed by atoms with van der Waals surface area (Å²) in [7, 11) is 0. The molecule has 0 aliphatic heterocycles. The molecule has 2 aromatic carbocycles. The molecule has 0 spiro atoms. The molecule has 0 aliphatic rings. The van der Waals surface area contributed by atoms with Gasteiger partial charge in [-0.25, -0.2) is 13.8 Å². The van der Waals surface area contributed by atoms with Crippen LogP contribution in [0, 0.1) is 11.6 Å². The van der Waals surface area contributed by atoms with E-state index in [0.29, 0.717) is 22.4 Å². The second kappa shape index (κ2) is 6.92. The van der Waals surface area contributed by atoms with Crippen LogP contribution in [0.4, 0.5) is 8.78 Å². The van der Waals surface area contributed by atoms with E-state index in [0.717, 1.165) is 10.9 Å². The molecule has 0 saturated carbocycles. The topological polar surface area (TPSA) is 66.0 Å². The smallest absolute Gasteiger partial charge is 0.165 e. The third kappa shape index (κ3) is 3.33. The summed E-state index contributed by atoms with van der Waals surface area (Å²) in [5.74, 6) is -0.978. The maximum absolute atomic E-state index is 13.8. The van der Waals surface area contributed by atoms with Crippen molar-refractivity contribution in [1.29, 1.82) is 0 Å². The molecule has 4 nitrogen and oxygen atoms in total. The highest BCUT2D eigenvalue weighted by Crippen LogP contribution is 2.31. The van der Waals surface area contributed by atoms with Crippen LogP contribution in [-0.2, 0) is 6.42 Å². The number of fused-ring (bicyclic) bond motifs is 1. The summed E-state index contributed by atoms with van der Waals surface area (Å²) in [5, 5.41) is 12.0. The largest absolute Gasteiger partial charge is 0.506 e. The third-order valence-corrected chi connectivity index (χ3v) is 5.19. The Hall–Kier alpha value is -3.06. The number of carbonyl (C=O) groups is 1. The van der Waals surface area contributed by atoms with Gasteiger partial charge in [0, 0.05) is 18.1 Å². The molecule has 0 radical (unpaired) electrons. The van der Waals surface area contributed by atoms with Crippen LogP contribution in [0.15, 0.2) is 47.8 Å². The number of aromatic hydroxyl groups is 1. The molecular weight excluding hydrogens is 370 g/mol. The average Bonchev–Trinajstić information content (AvgIpc) is 3.31. The molecular formula is C20H14F2N2O2S. The predicted octanol–water partition coefficient (Wildman–Crippen LogP) is 5.09. The number of aryl methyl sites for hydroxylation is 1. The quantitative estimate of drug-likeness (QED) is 0.471. The Morgan fingerprint density at radius 2 is 2.04 bits per heavy atom. The number of aromatic amines is 1. The van der Waals surface area contributed by atoms with Gasteiger partial charge in [0.25, 0.3) is 0 Å². The zero-order valence-electron chi connectivity index (χ0n) is 14.0. The molecule has 0 unspecified atom stereocenters. The number of thiophene rings is 1. The number of hydrogen-bond acceptors (Lipinski definition) is 4. The number of halogens is 2. The highest BCUT2D eigenvalue weighted by molar-refractivity contribution is 7.13. The molecule has 0 fully saturated rings. The number of hydrogen-bond donors (Lipinski definition) is 2. The van der Waals surface area contributed by atoms with Crippen molar-refractivity contribution in [2.24, 2.45) is 0 Å². The zero-order valence-corrected chi connectivity index (χ0v) is 14.8. The molecule has 2 aromatic heterocycles. The van der Waals surface area contributed by atoms with Crippen molar-refractivity contribution < 1.29 is 18.7 Å². The fraction of sp³-hybridized carbons (Fsp3) is 0.100. The van der Waals surface area contributed by atoms with Crippen LogP contribution < -0.4 is 0 Å². The van der Waals surface area contributed by atoms with E-state index < -0.39 is 11.6 Å². The Labute approximate surface area is 157 Å². The van der Waals surface area contributed by atoms with Crippen molar-refractivity contribution in [3.05, 3.63) is 70.6 Å². The highest BCUT2D eigenvalue weighted by Gasteiger charge is 2.18. The lowest BCUT2D eigenvalue weighted by Crippen LogP contribution is -2.03. The second-order valence-electron chi connectivity index (χ2n) is 6.08. The van der Waals surface area contributed by atoms with Gasteiger partial charge in [-0.3, -0.25) is 4.79 Å². The molecule has 0 aliphatic carbocycles. The van der Waals surface area contributed by atoms with Gasteiger partial charge in [0.2, 0.25) is 0 Å². The molecule has 4 aromatic rings. The lowest BCUT2D eigenvalue weighted by atomic mass is 10.0. The molecule has 4 rings (SSSR count). The first kappa shape index (κ1) is 17.4. The van der Waals surface area contributed by atoms with Crippen molar-refractivity contribution in [3.63, 3.8) is 0 Å². The number of benzene rings is 2. The predicted molar refractivity (Wildman–Crippen MR) is 100 cm³/mol. The minimum atomic E-state index is -0.668.